The molecule has 0 atom stereocenters. The Kier molecular flexibility index (Phi) is 6.47. The normalized spacial score (nSPS) is 13.7. The van der Waals surface area contributed by atoms with E-state index in [1.54, 1.807) is 25.3 Å². The number of hydrogen-bond donors (Lipinski definition) is 4. The molecule has 1 aliphatic carbocycles. The van der Waals surface area contributed by atoms with Crippen LogP contribution in [0.1, 0.15) is 12.8 Å². The van der Waals surface area contributed by atoms with Crippen LogP contribution >= 0.6 is 0 Å². The Morgan fingerprint density at radius 2 is 1.97 bits per heavy atom. The second kappa shape index (κ2) is 9.45. The van der Waals surface area contributed by atoms with Crippen LogP contribution < -0.4 is 20.1 Å². The fraction of sp³-hybridized carbons (Fsp3) is 0.333. The lowest BCUT2D eigenvalue weighted by Gasteiger charge is -2.09. The highest BCUT2D eigenvalue weighted by Gasteiger charge is 2.21. The molecule has 2 amide bonds. The number of urea groups is 1. The van der Waals surface area contributed by atoms with Crippen molar-refractivity contribution in [2.24, 2.45) is 5.92 Å². The quantitative estimate of drug-likeness (QED) is 0.270. The van der Waals surface area contributed by atoms with E-state index >= 15 is 0 Å². The minimum absolute atomic E-state index is 0.0617. The van der Waals surface area contributed by atoms with E-state index in [0.29, 0.717) is 24.2 Å². The van der Waals surface area contributed by atoms with Gasteiger partial charge in [0.05, 0.1) is 17.6 Å². The van der Waals surface area contributed by atoms with Crippen LogP contribution in [-0.2, 0) is 14.9 Å². The number of nitrogens with zero attached hydrogens (tertiary/aromatic N) is 1. The van der Waals surface area contributed by atoms with Crippen LogP contribution in [0.3, 0.4) is 0 Å². The number of H-pyrrole nitrogens is 1. The largest absolute Gasteiger partial charge is 0.385 e. The summed E-state index contributed by atoms with van der Waals surface area (Å²) >= 11 is 0. The number of imidazole rings is 1. The molecule has 1 fully saturated rings. The van der Waals surface area contributed by atoms with E-state index in [4.69, 9.17) is 8.92 Å². The van der Waals surface area contributed by atoms with Gasteiger partial charge in [-0.1, -0.05) is 0 Å². The number of anilines is 2. The van der Waals surface area contributed by atoms with E-state index in [9.17, 15) is 13.2 Å². The minimum atomic E-state index is -4.00. The third-order valence-corrected chi connectivity index (χ3v) is 6.18. The van der Waals surface area contributed by atoms with E-state index in [0.717, 1.165) is 18.2 Å². The summed E-state index contributed by atoms with van der Waals surface area (Å²) in [5.41, 5.74) is 1.94. The Bertz CT molecular complexity index is 1190. The van der Waals surface area contributed by atoms with Crippen LogP contribution in [0.2, 0.25) is 0 Å². The van der Waals surface area contributed by atoms with Gasteiger partial charge in [-0.15, -0.1) is 0 Å². The molecule has 0 aliphatic heterocycles. The van der Waals surface area contributed by atoms with Gasteiger partial charge in [0.1, 0.15) is 10.6 Å². The molecule has 1 aliphatic rings. The summed E-state index contributed by atoms with van der Waals surface area (Å²) in [6.45, 7) is 1.65. The van der Waals surface area contributed by atoms with Gasteiger partial charge in [-0.2, -0.15) is 8.42 Å². The van der Waals surface area contributed by atoms with Gasteiger partial charge in [-0.3, -0.25) is 5.32 Å². The fourth-order valence-corrected chi connectivity index (χ4v) is 3.94. The molecule has 4 rings (SSSR count). The van der Waals surface area contributed by atoms with Gasteiger partial charge in [0, 0.05) is 32.0 Å². The molecule has 2 aromatic carbocycles. The number of ether oxygens (including phenoxy) is 1. The number of aromatic nitrogens is 2. The van der Waals surface area contributed by atoms with Crippen molar-refractivity contribution >= 4 is 38.8 Å². The maximum Gasteiger partial charge on any atom is 0.339 e. The number of fused-ring (bicyclic) bond motifs is 1. The predicted octanol–water partition coefficient (Wildman–Crippen LogP) is 2.92. The van der Waals surface area contributed by atoms with Crippen LogP contribution in [0, 0.1) is 5.92 Å². The van der Waals surface area contributed by atoms with Crippen molar-refractivity contribution in [1.82, 2.24) is 15.3 Å². The van der Waals surface area contributed by atoms with Crippen molar-refractivity contribution in [1.29, 1.82) is 0 Å². The molecule has 10 nitrogen and oxygen atoms in total. The smallest absolute Gasteiger partial charge is 0.339 e. The van der Waals surface area contributed by atoms with Crippen LogP contribution in [0.4, 0.5) is 16.4 Å². The average molecular weight is 460 g/mol. The second-order valence-electron chi connectivity index (χ2n) is 7.52. The Morgan fingerprint density at radius 3 is 2.69 bits per heavy atom. The van der Waals surface area contributed by atoms with E-state index in [2.05, 4.69) is 25.9 Å². The van der Waals surface area contributed by atoms with E-state index in [-0.39, 0.29) is 16.6 Å². The third-order valence-electron chi connectivity index (χ3n) is 4.92. The first kappa shape index (κ1) is 21.9. The second-order valence-corrected chi connectivity index (χ2v) is 9.07. The average Bonchev–Trinajstić information content (AvgIpc) is 3.51. The molecule has 3 aromatic rings. The Hall–Kier alpha value is -3.31. The molecular formula is C21H25N5O5S. The van der Waals surface area contributed by atoms with Crippen molar-refractivity contribution in [2.75, 3.05) is 37.4 Å². The third kappa shape index (κ3) is 5.68. The fourth-order valence-electron chi connectivity index (χ4n) is 3.01. The van der Waals surface area contributed by atoms with E-state index in [1.165, 1.54) is 37.1 Å². The molecule has 0 saturated heterocycles. The molecule has 32 heavy (non-hydrogen) atoms. The molecule has 0 bridgehead atoms. The van der Waals surface area contributed by atoms with Crippen molar-refractivity contribution in [3.63, 3.8) is 0 Å². The molecule has 170 valence electrons. The van der Waals surface area contributed by atoms with E-state index in [1.807, 2.05) is 0 Å². The molecule has 1 aromatic heterocycles. The highest BCUT2D eigenvalue weighted by atomic mass is 32.2. The molecule has 0 spiro atoms. The molecule has 0 radical (unpaired) electrons. The summed E-state index contributed by atoms with van der Waals surface area (Å²) in [6, 6.07) is 10.7. The highest BCUT2D eigenvalue weighted by Crippen LogP contribution is 2.29. The molecule has 1 saturated carbocycles. The zero-order valence-electron chi connectivity index (χ0n) is 17.6. The lowest BCUT2D eigenvalue weighted by Crippen LogP contribution is -2.31. The van der Waals surface area contributed by atoms with Crippen LogP contribution in [0.25, 0.3) is 11.0 Å². The van der Waals surface area contributed by atoms with Crippen molar-refractivity contribution in [2.45, 2.75) is 17.7 Å². The maximum atomic E-state index is 12.7. The number of nitrogens with one attached hydrogen (secondary N) is 4. The van der Waals surface area contributed by atoms with Gasteiger partial charge in [0.25, 0.3) is 0 Å². The number of amides is 2. The first-order chi connectivity index (χ1) is 15.4. The van der Waals surface area contributed by atoms with Gasteiger partial charge >= 0.3 is 16.1 Å². The zero-order valence-corrected chi connectivity index (χ0v) is 18.4. The molecule has 11 heteroatoms. The van der Waals surface area contributed by atoms with Gasteiger partial charge in [0.15, 0.2) is 0 Å². The van der Waals surface area contributed by atoms with Gasteiger partial charge in [-0.05, 0) is 55.2 Å². The topological polar surface area (TPSA) is 134 Å². The van der Waals surface area contributed by atoms with Crippen LogP contribution in [-0.4, -0.2) is 51.2 Å². The van der Waals surface area contributed by atoms with Crippen molar-refractivity contribution in [3.8, 4) is 5.75 Å². The number of hydrogen-bond acceptors (Lipinski definition) is 7. The first-order valence-electron chi connectivity index (χ1n) is 10.2. The maximum absolute atomic E-state index is 12.7. The summed E-state index contributed by atoms with van der Waals surface area (Å²) in [6.07, 6.45) is 2.49. The zero-order chi connectivity index (χ0) is 22.6. The Morgan fingerprint density at radius 1 is 1.19 bits per heavy atom. The summed E-state index contributed by atoms with van der Waals surface area (Å²) < 4.78 is 35.5. The Labute approximate surface area is 185 Å². The number of carbonyl (C=O) groups excluding carboxylic acids is 1. The molecule has 0 unspecified atom stereocenters. The van der Waals surface area contributed by atoms with Crippen LogP contribution in [0.15, 0.2) is 47.4 Å². The number of aromatic amines is 1. The number of rotatable bonds is 10. The van der Waals surface area contributed by atoms with Crippen molar-refractivity contribution < 1.29 is 22.1 Å². The summed E-state index contributed by atoms with van der Waals surface area (Å²) in [5.74, 6) is 1.07. The standard InChI is InChI=1S/C21H25N5O5S/c1-30-11-10-22-21(27)26-20-24-18-9-6-16(12-19(18)25-20)31-32(28,29)17-7-4-15(5-8-17)23-13-14-2-3-14/h4-9,12,14,23H,2-3,10-11,13H2,1H3,(H3,22,24,25,26,27). The predicted molar refractivity (Wildman–Crippen MR) is 120 cm³/mol. The Balaban J connectivity index is 1.40. The van der Waals surface area contributed by atoms with E-state index < -0.39 is 16.1 Å². The lowest BCUT2D eigenvalue weighted by atomic mass is 10.3. The van der Waals surface area contributed by atoms with Crippen LogP contribution in [0.5, 0.6) is 5.75 Å². The van der Waals surface area contributed by atoms with Gasteiger partial charge < -0.3 is 24.5 Å². The summed E-state index contributed by atoms with van der Waals surface area (Å²) in [7, 11) is -2.46. The van der Waals surface area contributed by atoms with Gasteiger partial charge in [0.2, 0.25) is 5.95 Å². The lowest BCUT2D eigenvalue weighted by molar-refractivity contribution is 0.198. The number of carbonyl (C=O) groups is 1. The summed E-state index contributed by atoms with van der Waals surface area (Å²) in [4.78, 5) is 19.1. The molecule has 4 N–H and O–H groups in total. The highest BCUT2D eigenvalue weighted by molar-refractivity contribution is 7.87. The minimum Gasteiger partial charge on any atom is -0.385 e. The number of methoxy groups -OCH3 is 1. The monoisotopic (exact) mass is 459 g/mol. The van der Waals surface area contributed by atoms with Crippen molar-refractivity contribution in [3.05, 3.63) is 42.5 Å². The number of benzene rings is 2. The SMILES string of the molecule is COCCNC(=O)Nc1nc2cc(OS(=O)(=O)c3ccc(NCC4CC4)cc3)ccc2[nH]1. The molecular weight excluding hydrogens is 434 g/mol. The summed E-state index contributed by atoms with van der Waals surface area (Å²) in [5, 5.41) is 8.48. The van der Waals surface area contributed by atoms with Gasteiger partial charge in [-0.25, -0.2) is 9.78 Å². The first-order valence-corrected chi connectivity index (χ1v) is 11.7. The molecule has 1 heterocycles.